The highest BCUT2D eigenvalue weighted by molar-refractivity contribution is 5.97. The van der Waals surface area contributed by atoms with E-state index in [4.69, 9.17) is 4.98 Å². The molecule has 0 saturated carbocycles. The van der Waals surface area contributed by atoms with E-state index in [1.807, 2.05) is 42.6 Å². The van der Waals surface area contributed by atoms with Crippen LogP contribution in [-0.4, -0.2) is 19.6 Å². The SMILES string of the molecule is CC(C)c1cc(-c2ccccc2)cc(C(C)C)c1-n1c(-c2ccccc2O)nc2c(-c3cccc(-c4ccccn4)c3)cccc21. The van der Waals surface area contributed by atoms with Crippen molar-refractivity contribution < 1.29 is 5.11 Å². The van der Waals surface area contributed by atoms with E-state index in [9.17, 15) is 5.11 Å². The van der Waals surface area contributed by atoms with Crippen molar-refractivity contribution >= 4 is 11.0 Å². The first kappa shape index (κ1) is 29.2. The first-order chi connectivity index (χ1) is 22.4. The van der Waals surface area contributed by atoms with Gasteiger partial charge in [0.25, 0.3) is 0 Å². The van der Waals surface area contributed by atoms with E-state index in [1.165, 1.54) is 22.3 Å². The van der Waals surface area contributed by atoms with E-state index < -0.39 is 0 Å². The van der Waals surface area contributed by atoms with E-state index in [0.717, 1.165) is 44.9 Å². The van der Waals surface area contributed by atoms with Crippen molar-refractivity contribution in [2.75, 3.05) is 0 Å². The highest BCUT2D eigenvalue weighted by Gasteiger charge is 2.25. The lowest BCUT2D eigenvalue weighted by Crippen LogP contribution is -2.09. The molecule has 0 spiro atoms. The number of hydrogen-bond acceptors (Lipinski definition) is 3. The Balaban J connectivity index is 1.55. The van der Waals surface area contributed by atoms with Crippen LogP contribution < -0.4 is 0 Å². The van der Waals surface area contributed by atoms with Crippen molar-refractivity contribution in [2.45, 2.75) is 39.5 Å². The fraction of sp³-hybridized carbons (Fsp3) is 0.143. The number of phenols is 1. The number of rotatable bonds is 7. The summed E-state index contributed by atoms with van der Waals surface area (Å²) in [6, 6.07) is 43.6. The Labute approximate surface area is 270 Å². The van der Waals surface area contributed by atoms with Crippen LogP contribution in [0.15, 0.2) is 134 Å². The molecule has 5 aromatic carbocycles. The summed E-state index contributed by atoms with van der Waals surface area (Å²) in [5.41, 5.74) is 12.7. The number of nitrogens with zero attached hydrogens (tertiary/aromatic N) is 3. The summed E-state index contributed by atoms with van der Waals surface area (Å²) in [6.45, 7) is 9.02. The molecule has 4 heteroatoms. The molecule has 0 aliphatic heterocycles. The lowest BCUT2D eigenvalue weighted by molar-refractivity contribution is 0.477. The van der Waals surface area contributed by atoms with E-state index in [-0.39, 0.29) is 17.6 Å². The van der Waals surface area contributed by atoms with Crippen LogP contribution in [0, 0.1) is 0 Å². The standard InChI is InChI=1S/C42H37N3O/c1-27(2)35-25-32(29-14-6-5-7-15-29)26-36(28(3)4)41(35)45-38-21-13-19-33(40(38)44-42(45)34-18-8-9-22-39(34)46)30-16-12-17-31(24-30)37-20-10-11-23-43-37/h5-28,46H,1-4H3. The zero-order valence-corrected chi connectivity index (χ0v) is 26.6. The summed E-state index contributed by atoms with van der Waals surface area (Å²) in [7, 11) is 0. The van der Waals surface area contributed by atoms with Gasteiger partial charge in [-0.05, 0) is 88.2 Å². The van der Waals surface area contributed by atoms with Gasteiger partial charge in [-0.25, -0.2) is 4.98 Å². The number of para-hydroxylation sites is 2. The van der Waals surface area contributed by atoms with Gasteiger partial charge in [0.2, 0.25) is 0 Å². The van der Waals surface area contributed by atoms with Crippen LogP contribution in [0.3, 0.4) is 0 Å². The molecule has 0 bridgehead atoms. The van der Waals surface area contributed by atoms with E-state index in [1.54, 1.807) is 6.07 Å². The molecule has 0 atom stereocenters. The van der Waals surface area contributed by atoms with Gasteiger partial charge in [-0.15, -0.1) is 0 Å². The van der Waals surface area contributed by atoms with Crippen molar-refractivity contribution in [3.05, 3.63) is 145 Å². The van der Waals surface area contributed by atoms with Gasteiger partial charge in [-0.1, -0.05) is 107 Å². The topological polar surface area (TPSA) is 50.9 Å². The molecule has 7 aromatic rings. The molecule has 46 heavy (non-hydrogen) atoms. The Morgan fingerprint density at radius 1 is 0.565 bits per heavy atom. The van der Waals surface area contributed by atoms with Crippen molar-refractivity contribution in [3.63, 3.8) is 0 Å². The summed E-state index contributed by atoms with van der Waals surface area (Å²) in [5.74, 6) is 1.40. The highest BCUT2D eigenvalue weighted by atomic mass is 16.3. The smallest absolute Gasteiger partial charge is 0.149 e. The second kappa shape index (κ2) is 12.1. The van der Waals surface area contributed by atoms with Gasteiger partial charge >= 0.3 is 0 Å². The molecule has 0 fully saturated rings. The van der Waals surface area contributed by atoms with E-state index >= 15 is 0 Å². The van der Waals surface area contributed by atoms with Gasteiger partial charge in [0.05, 0.1) is 28.0 Å². The van der Waals surface area contributed by atoms with Crippen LogP contribution in [-0.2, 0) is 0 Å². The predicted molar refractivity (Wildman–Crippen MR) is 190 cm³/mol. The summed E-state index contributed by atoms with van der Waals surface area (Å²) in [4.78, 5) is 9.95. The Morgan fingerprint density at radius 3 is 1.89 bits per heavy atom. The fourth-order valence-electron chi connectivity index (χ4n) is 6.40. The lowest BCUT2D eigenvalue weighted by Gasteiger charge is -2.24. The molecule has 1 N–H and O–H groups in total. The van der Waals surface area contributed by atoms with Gasteiger partial charge in [0.15, 0.2) is 0 Å². The lowest BCUT2D eigenvalue weighted by atomic mass is 9.88. The molecule has 7 rings (SSSR count). The van der Waals surface area contributed by atoms with Gasteiger partial charge in [-0.3, -0.25) is 9.55 Å². The van der Waals surface area contributed by atoms with Crippen LogP contribution in [0.4, 0.5) is 0 Å². The molecule has 0 aliphatic carbocycles. The zero-order valence-electron chi connectivity index (χ0n) is 26.6. The maximum Gasteiger partial charge on any atom is 0.149 e. The number of pyridine rings is 1. The third-order valence-electron chi connectivity index (χ3n) is 8.71. The minimum absolute atomic E-state index is 0.204. The van der Waals surface area contributed by atoms with Crippen LogP contribution >= 0.6 is 0 Å². The van der Waals surface area contributed by atoms with Crippen molar-refractivity contribution in [1.29, 1.82) is 0 Å². The maximum atomic E-state index is 11.2. The van der Waals surface area contributed by atoms with Gasteiger partial charge in [0, 0.05) is 17.3 Å². The number of hydrogen-bond donors (Lipinski definition) is 1. The largest absolute Gasteiger partial charge is 0.507 e. The quantitative estimate of drug-likeness (QED) is 0.198. The minimum atomic E-state index is 0.204. The number of fused-ring (bicyclic) bond motifs is 1. The Bertz CT molecular complexity index is 2130. The second-order valence-corrected chi connectivity index (χ2v) is 12.4. The van der Waals surface area contributed by atoms with Crippen LogP contribution in [0.2, 0.25) is 0 Å². The normalized spacial score (nSPS) is 11.5. The number of aromatic hydroxyl groups is 1. The first-order valence-corrected chi connectivity index (χ1v) is 16.0. The number of benzene rings is 5. The maximum absolute atomic E-state index is 11.2. The molecule has 0 radical (unpaired) electrons. The van der Waals surface area contributed by atoms with Crippen LogP contribution in [0.5, 0.6) is 5.75 Å². The Morgan fingerprint density at radius 2 is 1.20 bits per heavy atom. The molecule has 0 amide bonds. The summed E-state index contributed by atoms with van der Waals surface area (Å²) in [6.07, 6.45) is 1.82. The summed E-state index contributed by atoms with van der Waals surface area (Å²) < 4.78 is 2.29. The van der Waals surface area contributed by atoms with Gasteiger partial charge < -0.3 is 5.11 Å². The third kappa shape index (κ3) is 5.26. The molecule has 0 saturated heterocycles. The highest BCUT2D eigenvalue weighted by Crippen LogP contribution is 2.43. The van der Waals surface area contributed by atoms with Crippen molar-refractivity contribution in [2.24, 2.45) is 0 Å². The molecule has 4 nitrogen and oxygen atoms in total. The third-order valence-corrected chi connectivity index (χ3v) is 8.71. The minimum Gasteiger partial charge on any atom is -0.507 e. The van der Waals surface area contributed by atoms with Crippen molar-refractivity contribution in [1.82, 2.24) is 14.5 Å². The number of aromatic nitrogens is 3. The molecule has 0 aliphatic rings. The molecular weight excluding hydrogens is 562 g/mol. The van der Waals surface area contributed by atoms with Crippen LogP contribution in [0.25, 0.3) is 61.6 Å². The molecule has 0 unspecified atom stereocenters. The summed E-state index contributed by atoms with van der Waals surface area (Å²) in [5, 5.41) is 11.2. The Kier molecular flexibility index (Phi) is 7.71. The summed E-state index contributed by atoms with van der Waals surface area (Å²) >= 11 is 0. The monoisotopic (exact) mass is 599 g/mol. The average molecular weight is 600 g/mol. The molecule has 226 valence electrons. The first-order valence-electron chi connectivity index (χ1n) is 16.0. The predicted octanol–water partition coefficient (Wildman–Crippen LogP) is 11.0. The van der Waals surface area contributed by atoms with Crippen molar-refractivity contribution in [3.8, 4) is 56.3 Å². The fourth-order valence-corrected chi connectivity index (χ4v) is 6.40. The average Bonchev–Trinajstić information content (AvgIpc) is 3.48. The van der Waals surface area contributed by atoms with E-state index in [0.29, 0.717) is 5.56 Å². The van der Waals surface area contributed by atoms with E-state index in [2.05, 4.69) is 122 Å². The zero-order chi connectivity index (χ0) is 31.8. The molecule has 2 heterocycles. The second-order valence-electron chi connectivity index (χ2n) is 12.4. The van der Waals surface area contributed by atoms with Gasteiger partial charge in [0.1, 0.15) is 11.6 Å². The number of phenolic OH excluding ortho intramolecular Hbond substituents is 1. The van der Waals surface area contributed by atoms with Gasteiger partial charge in [-0.2, -0.15) is 0 Å². The number of imidazole rings is 1. The molecule has 2 aromatic heterocycles. The van der Waals surface area contributed by atoms with Crippen LogP contribution in [0.1, 0.15) is 50.7 Å². The Hall–Kier alpha value is -5.48. The molecular formula is C42H37N3O.